The van der Waals surface area contributed by atoms with Crippen LogP contribution in [0.2, 0.25) is 0 Å². The molecular formula is C16H24F6O3. The molecule has 9 heteroatoms. The minimum atomic E-state index is -5.86. The van der Waals surface area contributed by atoms with Crippen molar-refractivity contribution in [2.45, 2.75) is 44.6 Å². The van der Waals surface area contributed by atoms with Crippen LogP contribution in [0.25, 0.3) is 0 Å². The van der Waals surface area contributed by atoms with Gasteiger partial charge < -0.3 is 14.6 Å². The van der Waals surface area contributed by atoms with Gasteiger partial charge in [0.05, 0.1) is 19.8 Å². The van der Waals surface area contributed by atoms with Gasteiger partial charge in [-0.2, -0.15) is 26.3 Å². The first kappa shape index (κ1) is 20.8. The Hall–Kier alpha value is -0.540. The molecule has 0 aliphatic heterocycles. The lowest BCUT2D eigenvalue weighted by molar-refractivity contribution is -0.378. The molecule has 0 aromatic heterocycles. The van der Waals surface area contributed by atoms with Crippen molar-refractivity contribution in [3.8, 4) is 0 Å². The Morgan fingerprint density at radius 1 is 0.880 bits per heavy atom. The molecule has 0 spiro atoms. The normalized spacial score (nSPS) is 33.2. The molecule has 0 heterocycles. The number of ether oxygens (including phenoxy) is 2. The summed E-state index contributed by atoms with van der Waals surface area (Å²) in [6, 6.07) is 0. The van der Waals surface area contributed by atoms with Crippen LogP contribution in [0.3, 0.4) is 0 Å². The molecule has 25 heavy (non-hydrogen) atoms. The molecular weight excluding hydrogens is 354 g/mol. The number of fused-ring (bicyclic) bond motifs is 2. The van der Waals surface area contributed by atoms with Crippen LogP contribution >= 0.6 is 0 Å². The average molecular weight is 378 g/mol. The molecule has 5 atom stereocenters. The fourth-order valence-electron chi connectivity index (χ4n) is 4.18. The van der Waals surface area contributed by atoms with Crippen molar-refractivity contribution in [2.24, 2.45) is 29.6 Å². The molecule has 2 rings (SSSR count). The van der Waals surface area contributed by atoms with Crippen LogP contribution in [0.1, 0.15) is 26.7 Å². The van der Waals surface area contributed by atoms with Crippen LogP contribution < -0.4 is 0 Å². The highest BCUT2D eigenvalue weighted by atomic mass is 19.4. The highest BCUT2D eigenvalue weighted by Gasteiger charge is 2.70. The van der Waals surface area contributed by atoms with Gasteiger partial charge in [0, 0.05) is 6.61 Å². The minimum absolute atomic E-state index is 0.108. The fourth-order valence-corrected chi connectivity index (χ4v) is 4.18. The molecule has 5 unspecified atom stereocenters. The van der Waals surface area contributed by atoms with Crippen LogP contribution in [0, 0.1) is 29.6 Å². The van der Waals surface area contributed by atoms with E-state index in [4.69, 9.17) is 9.84 Å². The summed E-state index contributed by atoms with van der Waals surface area (Å²) >= 11 is 0. The van der Waals surface area contributed by atoms with Crippen LogP contribution in [-0.2, 0) is 9.47 Å². The molecule has 0 aromatic rings. The third-order valence-corrected chi connectivity index (χ3v) is 5.99. The van der Waals surface area contributed by atoms with Crippen molar-refractivity contribution >= 4 is 0 Å². The van der Waals surface area contributed by atoms with Gasteiger partial charge in [0.15, 0.2) is 0 Å². The van der Waals surface area contributed by atoms with Gasteiger partial charge >= 0.3 is 12.4 Å². The monoisotopic (exact) mass is 378 g/mol. The summed E-state index contributed by atoms with van der Waals surface area (Å²) in [6.45, 7) is 2.43. The lowest BCUT2D eigenvalue weighted by atomic mass is 9.76. The third kappa shape index (κ3) is 4.08. The van der Waals surface area contributed by atoms with E-state index in [0.29, 0.717) is 36.2 Å². The van der Waals surface area contributed by atoms with Crippen molar-refractivity contribution in [3.05, 3.63) is 0 Å². The first-order chi connectivity index (χ1) is 11.4. The Balaban J connectivity index is 1.68. The SMILES string of the molecule is CC1C2CC(COCCOCC(O)(C(F)(F)F)C(F)(F)F)C(C2)C1C. The minimum Gasteiger partial charge on any atom is -0.379 e. The Morgan fingerprint density at radius 3 is 1.92 bits per heavy atom. The summed E-state index contributed by atoms with van der Waals surface area (Å²) in [5.41, 5.74) is -4.86. The van der Waals surface area contributed by atoms with Gasteiger partial charge in [-0.05, 0) is 42.4 Å². The fraction of sp³-hybridized carbons (Fsp3) is 1.00. The predicted octanol–water partition coefficient (Wildman–Crippen LogP) is 3.80. The van der Waals surface area contributed by atoms with Gasteiger partial charge in [-0.1, -0.05) is 13.8 Å². The van der Waals surface area contributed by atoms with Gasteiger partial charge in [-0.15, -0.1) is 0 Å². The second kappa shape index (κ2) is 7.23. The average Bonchev–Trinajstić information content (AvgIpc) is 3.00. The summed E-state index contributed by atoms with van der Waals surface area (Å²) in [6.07, 6.45) is -9.50. The maximum atomic E-state index is 12.5. The Morgan fingerprint density at radius 2 is 1.44 bits per heavy atom. The second-order valence-corrected chi connectivity index (χ2v) is 7.36. The summed E-state index contributed by atoms with van der Waals surface area (Å²) in [5.74, 6) is 2.93. The molecule has 2 aliphatic rings. The first-order valence-corrected chi connectivity index (χ1v) is 8.40. The molecule has 2 aliphatic carbocycles. The third-order valence-electron chi connectivity index (χ3n) is 5.99. The van der Waals surface area contributed by atoms with Gasteiger partial charge in [0.25, 0.3) is 5.60 Å². The topological polar surface area (TPSA) is 38.7 Å². The summed E-state index contributed by atoms with van der Waals surface area (Å²) in [4.78, 5) is 0. The molecule has 2 fully saturated rings. The summed E-state index contributed by atoms with van der Waals surface area (Å²) < 4.78 is 84.5. The smallest absolute Gasteiger partial charge is 0.379 e. The molecule has 0 radical (unpaired) electrons. The number of halogens is 6. The van der Waals surface area contributed by atoms with E-state index < -0.39 is 31.2 Å². The molecule has 2 saturated carbocycles. The van der Waals surface area contributed by atoms with E-state index in [0.717, 1.165) is 12.8 Å². The Kier molecular flexibility index (Phi) is 6.01. The quantitative estimate of drug-likeness (QED) is 0.541. The molecule has 1 N–H and O–H groups in total. The highest BCUT2D eigenvalue weighted by Crippen LogP contribution is 2.54. The van der Waals surface area contributed by atoms with E-state index >= 15 is 0 Å². The summed E-state index contributed by atoms with van der Waals surface area (Å²) in [5, 5.41) is 8.92. The number of aliphatic hydroxyl groups is 1. The number of hydrogen-bond donors (Lipinski definition) is 1. The van der Waals surface area contributed by atoms with Crippen molar-refractivity contribution < 1.29 is 40.9 Å². The number of alkyl halides is 6. The van der Waals surface area contributed by atoms with E-state index in [1.807, 2.05) is 0 Å². The zero-order chi connectivity index (χ0) is 19.0. The van der Waals surface area contributed by atoms with E-state index in [2.05, 4.69) is 18.6 Å². The first-order valence-electron chi connectivity index (χ1n) is 8.40. The molecule has 0 amide bonds. The zero-order valence-electron chi connectivity index (χ0n) is 14.2. The van der Waals surface area contributed by atoms with Crippen LogP contribution in [0.4, 0.5) is 26.3 Å². The van der Waals surface area contributed by atoms with Gasteiger partial charge in [0.2, 0.25) is 0 Å². The molecule has 2 bridgehead atoms. The zero-order valence-corrected chi connectivity index (χ0v) is 14.2. The molecule has 148 valence electrons. The number of hydrogen-bond acceptors (Lipinski definition) is 3. The van der Waals surface area contributed by atoms with Crippen LogP contribution in [0.5, 0.6) is 0 Å². The van der Waals surface area contributed by atoms with Crippen LogP contribution in [-0.4, -0.2) is 49.5 Å². The maximum Gasteiger partial charge on any atom is 0.428 e. The Labute approximate surface area is 142 Å². The van der Waals surface area contributed by atoms with Crippen LogP contribution in [0.15, 0.2) is 0 Å². The predicted molar refractivity (Wildman–Crippen MR) is 76.7 cm³/mol. The standard InChI is InChI=1S/C16H24F6O3/c1-9-10(2)13-6-11(9)5-12(13)7-24-3-4-25-8-14(23,15(17,18)19)16(20,21)22/h9-13,23H,3-8H2,1-2H3. The van der Waals surface area contributed by atoms with Crippen molar-refractivity contribution in [1.82, 2.24) is 0 Å². The van der Waals surface area contributed by atoms with E-state index in [1.165, 1.54) is 0 Å². The van der Waals surface area contributed by atoms with E-state index in [-0.39, 0.29) is 6.61 Å². The Bertz CT molecular complexity index is 434. The largest absolute Gasteiger partial charge is 0.428 e. The van der Waals surface area contributed by atoms with Gasteiger partial charge in [0.1, 0.15) is 0 Å². The van der Waals surface area contributed by atoms with Crippen molar-refractivity contribution in [2.75, 3.05) is 26.4 Å². The van der Waals surface area contributed by atoms with Crippen molar-refractivity contribution in [1.29, 1.82) is 0 Å². The van der Waals surface area contributed by atoms with Crippen molar-refractivity contribution in [3.63, 3.8) is 0 Å². The van der Waals surface area contributed by atoms with Gasteiger partial charge in [-0.3, -0.25) is 0 Å². The second-order valence-electron chi connectivity index (χ2n) is 7.36. The molecule has 0 saturated heterocycles. The maximum absolute atomic E-state index is 12.5. The summed E-state index contributed by atoms with van der Waals surface area (Å²) in [7, 11) is 0. The van der Waals surface area contributed by atoms with E-state index in [9.17, 15) is 26.3 Å². The lowest BCUT2D eigenvalue weighted by Crippen LogP contribution is -2.60. The number of rotatable bonds is 7. The van der Waals surface area contributed by atoms with Gasteiger partial charge in [-0.25, -0.2) is 0 Å². The molecule has 3 nitrogen and oxygen atoms in total. The molecule has 0 aromatic carbocycles. The van der Waals surface area contributed by atoms with E-state index in [1.54, 1.807) is 0 Å². The lowest BCUT2D eigenvalue weighted by Gasteiger charge is -2.32. The highest BCUT2D eigenvalue weighted by molar-refractivity contribution is 4.97.